The lowest BCUT2D eigenvalue weighted by molar-refractivity contribution is 0.0584. The summed E-state index contributed by atoms with van der Waals surface area (Å²) in [6, 6.07) is 0. The Kier molecular flexibility index (Phi) is 13.1. The molecule has 2 heterocycles. The van der Waals surface area contributed by atoms with Crippen LogP contribution in [0, 0.1) is 11.3 Å². The second-order valence-electron chi connectivity index (χ2n) is 14.0. The first kappa shape index (κ1) is 29.0. The van der Waals surface area contributed by atoms with Gasteiger partial charge < -0.3 is 4.74 Å². The summed E-state index contributed by atoms with van der Waals surface area (Å²) in [4.78, 5) is 0. The average Bonchev–Trinajstić information content (AvgIpc) is 3.24. The smallest absolute Gasteiger partial charge is 0.150 e. The minimum Gasteiger partial charge on any atom is -0.381 e. The van der Waals surface area contributed by atoms with Crippen molar-refractivity contribution in [2.75, 3.05) is 13.2 Å². The van der Waals surface area contributed by atoms with Crippen LogP contribution in [0.15, 0.2) is 0 Å². The van der Waals surface area contributed by atoms with E-state index in [0.29, 0.717) is 10.7 Å². The molecular weight excluding hydrogens is 435 g/mol. The first-order chi connectivity index (χ1) is 17.9. The Hall–Kier alpha value is 0.0249. The Labute approximate surface area is 227 Å². The zero-order chi connectivity index (χ0) is 24.8. The Morgan fingerprint density at radius 1 is 0.417 bits per heavy atom. The largest absolute Gasteiger partial charge is 0.381 e. The van der Waals surface area contributed by atoms with Gasteiger partial charge in [-0.05, 0) is 35.9 Å². The highest BCUT2D eigenvalue weighted by Gasteiger charge is 2.61. The van der Waals surface area contributed by atoms with Gasteiger partial charge in [0.15, 0.2) is 0 Å². The maximum atomic E-state index is 6.83. The molecule has 0 amide bonds. The normalized spacial score (nSPS) is 34.5. The van der Waals surface area contributed by atoms with Crippen molar-refractivity contribution < 1.29 is 4.74 Å². The van der Waals surface area contributed by atoms with Gasteiger partial charge in [0.25, 0.3) is 0 Å². The van der Waals surface area contributed by atoms with E-state index >= 15 is 0 Å². The summed E-state index contributed by atoms with van der Waals surface area (Å²) in [5.74, 6) is 0.930. The third-order valence-electron chi connectivity index (χ3n) is 11.7. The van der Waals surface area contributed by atoms with Gasteiger partial charge in [-0.3, -0.25) is 0 Å². The van der Waals surface area contributed by atoms with Gasteiger partial charge in [0, 0.05) is 6.61 Å². The summed E-state index contributed by atoms with van der Waals surface area (Å²) in [5, 5.41) is 0.485. The zero-order valence-electron chi connectivity index (χ0n) is 24.5. The predicted octanol–water partition coefficient (Wildman–Crippen LogP) is 11.4. The van der Waals surface area contributed by atoms with Gasteiger partial charge in [0.05, 0.1) is 6.61 Å². The van der Waals surface area contributed by atoms with E-state index in [9.17, 15) is 0 Å². The van der Waals surface area contributed by atoms with Gasteiger partial charge in [-0.15, -0.1) is 0 Å². The summed E-state index contributed by atoms with van der Waals surface area (Å²) in [6.45, 7) is 3.17. The molecule has 2 saturated carbocycles. The van der Waals surface area contributed by atoms with E-state index in [1.165, 1.54) is 186 Å². The quantitative estimate of drug-likeness (QED) is 0.344. The van der Waals surface area contributed by atoms with E-state index in [-0.39, 0.29) is 0 Å². The van der Waals surface area contributed by atoms with E-state index in [1.807, 2.05) is 0 Å². The fourth-order valence-electron chi connectivity index (χ4n) is 9.64. The van der Waals surface area contributed by atoms with E-state index < -0.39 is 0 Å². The van der Waals surface area contributed by atoms with Crippen molar-refractivity contribution in [3.05, 3.63) is 0 Å². The number of rotatable bonds is 2. The molecule has 0 bridgehead atoms. The highest BCUT2D eigenvalue weighted by Crippen LogP contribution is 2.66. The molecule has 0 aromatic rings. The first-order valence-corrected chi connectivity index (χ1v) is 17.5. The van der Waals surface area contributed by atoms with Crippen LogP contribution in [0.2, 0.25) is 18.0 Å². The monoisotopic (exact) mass is 498 g/mol. The molecule has 0 N–H and O–H groups in total. The first-order valence-electron chi connectivity index (χ1n) is 17.5. The summed E-state index contributed by atoms with van der Waals surface area (Å²) in [5.41, 5.74) is 0.482. The van der Waals surface area contributed by atoms with Crippen LogP contribution in [0.25, 0.3) is 0 Å². The van der Waals surface area contributed by atoms with E-state index in [2.05, 4.69) is 0 Å². The number of hydrogen-bond donors (Lipinski definition) is 0. The molecule has 2 aliphatic carbocycles. The van der Waals surface area contributed by atoms with Crippen molar-refractivity contribution in [2.45, 2.75) is 191 Å². The lowest BCUT2D eigenvalue weighted by atomic mass is 9.22. The molecule has 4 rings (SSSR count). The van der Waals surface area contributed by atoms with Crippen LogP contribution in [-0.2, 0) is 4.74 Å². The van der Waals surface area contributed by atoms with Crippen LogP contribution in [0.5, 0.6) is 0 Å². The van der Waals surface area contributed by atoms with E-state index in [4.69, 9.17) is 4.74 Å². The molecule has 2 heteroatoms. The molecule has 36 heavy (non-hydrogen) atoms. The highest BCUT2D eigenvalue weighted by atomic mass is 16.5. The molecule has 2 saturated heterocycles. The fraction of sp³-hybridized carbons (Fsp3) is 1.00. The van der Waals surface area contributed by atoms with Gasteiger partial charge >= 0.3 is 0 Å². The van der Waals surface area contributed by atoms with Crippen molar-refractivity contribution in [2.24, 2.45) is 11.3 Å². The lowest BCUT2D eigenvalue weighted by Gasteiger charge is -2.54. The SMILES string of the molecule is C1CCCCCCC2(B3CCCCCCC3)COCC2(C2CCCCCCCCC2)CCCCCC1. The van der Waals surface area contributed by atoms with Crippen molar-refractivity contribution in [1.82, 2.24) is 0 Å². The molecule has 0 aromatic carbocycles. The Balaban J connectivity index is 1.64. The molecule has 1 nitrogen and oxygen atoms in total. The highest BCUT2D eigenvalue weighted by molar-refractivity contribution is 6.62. The minimum absolute atomic E-state index is 0.482. The predicted molar refractivity (Wildman–Crippen MR) is 159 cm³/mol. The Morgan fingerprint density at radius 2 is 0.833 bits per heavy atom. The van der Waals surface area contributed by atoms with E-state index in [0.717, 1.165) is 25.8 Å². The van der Waals surface area contributed by atoms with Gasteiger partial charge in [-0.1, -0.05) is 167 Å². The summed E-state index contributed by atoms with van der Waals surface area (Å²) in [7, 11) is 0. The molecule has 2 unspecified atom stereocenters. The molecule has 4 aliphatic rings. The van der Waals surface area contributed by atoms with Crippen LogP contribution < -0.4 is 0 Å². The molecule has 208 valence electrons. The maximum Gasteiger partial charge on any atom is 0.150 e. The molecule has 0 spiro atoms. The van der Waals surface area contributed by atoms with Gasteiger partial charge in [0.1, 0.15) is 6.71 Å². The molecule has 4 fully saturated rings. The molecule has 2 aliphatic heterocycles. The zero-order valence-corrected chi connectivity index (χ0v) is 24.5. The van der Waals surface area contributed by atoms with Crippen molar-refractivity contribution >= 4 is 6.71 Å². The number of fused-ring (bicyclic) bond motifs is 1. The second-order valence-corrected chi connectivity index (χ2v) is 14.0. The van der Waals surface area contributed by atoms with Gasteiger partial charge in [-0.25, -0.2) is 0 Å². The number of hydrogen-bond acceptors (Lipinski definition) is 1. The van der Waals surface area contributed by atoms with Crippen LogP contribution in [0.4, 0.5) is 0 Å². The van der Waals surface area contributed by atoms with Crippen LogP contribution >= 0.6 is 0 Å². The molecular formula is C34H63BO. The Bertz CT molecular complexity index is 560. The maximum absolute atomic E-state index is 6.83. The van der Waals surface area contributed by atoms with E-state index in [1.54, 1.807) is 0 Å². The third-order valence-corrected chi connectivity index (χ3v) is 11.7. The Morgan fingerprint density at radius 3 is 1.36 bits per heavy atom. The van der Waals surface area contributed by atoms with Crippen LogP contribution in [0.1, 0.15) is 173 Å². The van der Waals surface area contributed by atoms with Gasteiger partial charge in [-0.2, -0.15) is 0 Å². The fourth-order valence-corrected chi connectivity index (χ4v) is 9.64. The van der Waals surface area contributed by atoms with Gasteiger partial charge in [0.2, 0.25) is 0 Å². The third kappa shape index (κ3) is 7.79. The molecule has 0 aromatic heterocycles. The number of ether oxygens (including phenoxy) is 1. The lowest BCUT2D eigenvalue weighted by Crippen LogP contribution is -2.50. The summed E-state index contributed by atoms with van der Waals surface area (Å²) in [6.07, 6.45) is 43.3. The van der Waals surface area contributed by atoms with Crippen LogP contribution in [-0.4, -0.2) is 19.9 Å². The van der Waals surface area contributed by atoms with Crippen LogP contribution in [0.3, 0.4) is 0 Å². The molecule has 0 radical (unpaired) electrons. The molecule has 2 atom stereocenters. The second kappa shape index (κ2) is 16.2. The van der Waals surface area contributed by atoms with Crippen molar-refractivity contribution in [1.29, 1.82) is 0 Å². The standard InChI is InChI=1S/C34H63BO/c1-2-4-9-14-20-26-33(32-24-18-12-7-6-8-13-19-25-32)30-36-31-34(33,27-21-15-10-5-3-1)35-28-22-16-11-17-23-29-35/h32H,1-31H2. The minimum atomic E-state index is 0.482. The average molecular weight is 499 g/mol. The summed E-state index contributed by atoms with van der Waals surface area (Å²) >= 11 is 0. The van der Waals surface area contributed by atoms with Crippen molar-refractivity contribution in [3.63, 3.8) is 0 Å². The topological polar surface area (TPSA) is 9.23 Å². The van der Waals surface area contributed by atoms with Crippen molar-refractivity contribution in [3.8, 4) is 0 Å². The summed E-state index contributed by atoms with van der Waals surface area (Å²) < 4.78 is 6.83.